The maximum Gasteiger partial charge on any atom is 0.254 e. The Kier molecular flexibility index (Phi) is 5.55. The Morgan fingerprint density at radius 2 is 1.81 bits per heavy atom. The third-order valence-electron chi connectivity index (χ3n) is 7.51. The number of hydrogen-bond acceptors (Lipinski definition) is 6. The molecule has 1 aliphatic heterocycles. The van der Waals surface area contributed by atoms with E-state index in [1.165, 1.54) is 0 Å². The van der Waals surface area contributed by atoms with Gasteiger partial charge in [0.25, 0.3) is 5.91 Å². The highest BCUT2D eigenvalue weighted by Crippen LogP contribution is 2.41. The Labute approximate surface area is 210 Å². The Balaban J connectivity index is 1.65. The van der Waals surface area contributed by atoms with Crippen LogP contribution in [0.3, 0.4) is 0 Å². The average molecular weight is 491 g/mol. The van der Waals surface area contributed by atoms with Gasteiger partial charge in [-0.3, -0.25) is 4.79 Å². The normalized spacial score (nSPS) is 18.8. The number of fused-ring (bicyclic) bond motifs is 3. The van der Waals surface area contributed by atoms with Crippen molar-refractivity contribution in [3.8, 4) is 11.1 Å². The summed E-state index contributed by atoms with van der Waals surface area (Å²) >= 11 is 0. The third kappa shape index (κ3) is 3.80. The minimum Gasteiger partial charge on any atom is -0.393 e. The number of aliphatic hydroxyl groups excluding tert-OH is 2. The molecule has 0 unspecified atom stereocenters. The van der Waals surface area contributed by atoms with Crippen LogP contribution >= 0.6 is 0 Å². The third-order valence-corrected chi connectivity index (χ3v) is 7.51. The number of aliphatic hydroxyl groups is 2. The number of hydrogen-bond donors (Lipinski definition) is 4. The van der Waals surface area contributed by atoms with Crippen molar-refractivity contribution in [1.82, 2.24) is 15.0 Å². The highest BCUT2D eigenvalue weighted by molar-refractivity contribution is 6.11. The van der Waals surface area contributed by atoms with Crippen molar-refractivity contribution in [3.63, 3.8) is 0 Å². The van der Waals surface area contributed by atoms with Gasteiger partial charge in [0, 0.05) is 44.1 Å². The number of aryl methyl sites for hydroxylation is 2. The molecular formula is C28H34N4O4. The monoisotopic (exact) mass is 490 g/mol. The molecule has 0 saturated carbocycles. The van der Waals surface area contributed by atoms with Gasteiger partial charge in [-0.15, -0.1) is 0 Å². The van der Waals surface area contributed by atoms with Gasteiger partial charge in [0.1, 0.15) is 12.0 Å². The number of nitrogens with one attached hydrogen (secondary N) is 1. The molecule has 0 radical (unpaired) electrons. The van der Waals surface area contributed by atoms with Crippen LogP contribution in [0, 0.1) is 13.8 Å². The molecule has 4 aromatic rings. The fraction of sp³-hybridized carbons (Fsp3) is 0.429. The maximum atomic E-state index is 13.8. The largest absolute Gasteiger partial charge is 0.393 e. The molecule has 36 heavy (non-hydrogen) atoms. The number of piperidine rings is 1. The van der Waals surface area contributed by atoms with E-state index < -0.39 is 23.4 Å². The first-order chi connectivity index (χ1) is 16.8. The number of amides is 1. The van der Waals surface area contributed by atoms with Gasteiger partial charge >= 0.3 is 0 Å². The van der Waals surface area contributed by atoms with Gasteiger partial charge in [-0.1, -0.05) is 11.2 Å². The van der Waals surface area contributed by atoms with E-state index in [1.807, 2.05) is 76.8 Å². The first-order valence-corrected chi connectivity index (χ1v) is 12.3. The summed E-state index contributed by atoms with van der Waals surface area (Å²) in [6, 6.07) is 9.52. The van der Waals surface area contributed by atoms with E-state index in [0.717, 1.165) is 38.6 Å². The minimum absolute atomic E-state index is 0.0760. The number of rotatable bonds is 3. The summed E-state index contributed by atoms with van der Waals surface area (Å²) in [5.74, 6) is 0.613. The van der Waals surface area contributed by atoms with E-state index >= 15 is 0 Å². The second kappa shape index (κ2) is 8.16. The van der Waals surface area contributed by atoms with Crippen LogP contribution in [0.25, 0.3) is 32.9 Å². The second-order valence-corrected chi connectivity index (χ2v) is 11.3. The molecule has 0 spiro atoms. The molecule has 1 aliphatic rings. The van der Waals surface area contributed by atoms with Crippen LogP contribution in [0.1, 0.15) is 74.1 Å². The molecule has 0 aliphatic carbocycles. The van der Waals surface area contributed by atoms with Crippen molar-refractivity contribution in [3.05, 3.63) is 52.9 Å². The predicted molar refractivity (Wildman–Crippen MR) is 139 cm³/mol. The standard InChI is InChI=1S/C28H34N4O4/c1-14-23(15(2)36-31-14)17-9-20-19-8-7-16(11-22(19)30-24(20)21(10-17)25(29)34)26(35)32-27(3,4)12-18(33)13-28(32,5)6/h7-11,18,25,30,33-34H,12-13,29H2,1-6H3/t25-/m1/s1. The van der Waals surface area contributed by atoms with Gasteiger partial charge in [-0.25, -0.2) is 0 Å². The Hall–Kier alpha value is -3.20. The zero-order valence-corrected chi connectivity index (χ0v) is 21.6. The van der Waals surface area contributed by atoms with Crippen molar-refractivity contribution >= 4 is 27.7 Å². The van der Waals surface area contributed by atoms with Gasteiger partial charge in [-0.05, 0) is 84.2 Å². The molecule has 8 nitrogen and oxygen atoms in total. The van der Waals surface area contributed by atoms with E-state index in [1.54, 1.807) is 0 Å². The first-order valence-electron chi connectivity index (χ1n) is 12.3. The van der Waals surface area contributed by atoms with Crippen LogP contribution < -0.4 is 5.73 Å². The van der Waals surface area contributed by atoms with E-state index in [-0.39, 0.29) is 5.91 Å². The molecule has 1 fully saturated rings. The van der Waals surface area contributed by atoms with E-state index in [2.05, 4.69) is 10.1 Å². The summed E-state index contributed by atoms with van der Waals surface area (Å²) in [5, 5.41) is 26.7. The number of benzene rings is 2. The van der Waals surface area contributed by atoms with Crippen LogP contribution in [0.4, 0.5) is 0 Å². The van der Waals surface area contributed by atoms with Crippen molar-refractivity contribution < 1.29 is 19.5 Å². The number of aromatic nitrogens is 2. The van der Waals surface area contributed by atoms with Crippen LogP contribution in [0.15, 0.2) is 34.9 Å². The molecule has 2 aromatic carbocycles. The molecule has 5 N–H and O–H groups in total. The number of nitrogens with two attached hydrogens (primary N) is 1. The van der Waals surface area contributed by atoms with Gasteiger partial charge in [-0.2, -0.15) is 0 Å². The van der Waals surface area contributed by atoms with Crippen LogP contribution in [-0.4, -0.2) is 48.3 Å². The van der Waals surface area contributed by atoms with Gasteiger partial charge < -0.3 is 30.4 Å². The number of nitrogens with zero attached hydrogens (tertiary/aromatic N) is 2. The molecular weight excluding hydrogens is 456 g/mol. The lowest BCUT2D eigenvalue weighted by molar-refractivity contribution is -0.0591. The molecule has 1 atom stereocenters. The molecule has 1 amide bonds. The number of carbonyl (C=O) groups excluding carboxylic acids is 1. The molecule has 1 saturated heterocycles. The number of carbonyl (C=O) groups is 1. The highest BCUT2D eigenvalue weighted by Gasteiger charge is 2.47. The fourth-order valence-electron chi connectivity index (χ4n) is 6.35. The minimum atomic E-state index is -1.19. The summed E-state index contributed by atoms with van der Waals surface area (Å²) in [5.41, 5.74) is 10.1. The second-order valence-electron chi connectivity index (χ2n) is 11.3. The lowest BCUT2D eigenvalue weighted by Crippen LogP contribution is -2.63. The Morgan fingerprint density at radius 3 is 2.39 bits per heavy atom. The topological polar surface area (TPSA) is 129 Å². The van der Waals surface area contributed by atoms with Crippen LogP contribution in [-0.2, 0) is 0 Å². The molecule has 190 valence electrons. The lowest BCUT2D eigenvalue weighted by Gasteiger charge is -2.54. The van der Waals surface area contributed by atoms with Crippen LogP contribution in [0.5, 0.6) is 0 Å². The quantitative estimate of drug-likeness (QED) is 0.308. The fourth-order valence-corrected chi connectivity index (χ4v) is 6.35. The smallest absolute Gasteiger partial charge is 0.254 e. The van der Waals surface area contributed by atoms with Crippen molar-refractivity contribution in [1.29, 1.82) is 0 Å². The molecule has 3 heterocycles. The first kappa shape index (κ1) is 24.5. The summed E-state index contributed by atoms with van der Waals surface area (Å²) in [4.78, 5) is 19.1. The lowest BCUT2D eigenvalue weighted by atomic mass is 9.77. The number of likely N-dealkylation sites (tertiary alicyclic amines) is 1. The van der Waals surface area contributed by atoms with E-state index in [4.69, 9.17) is 10.3 Å². The number of aromatic amines is 1. The van der Waals surface area contributed by atoms with Crippen LogP contribution in [0.2, 0.25) is 0 Å². The van der Waals surface area contributed by atoms with Crippen molar-refractivity contribution in [2.75, 3.05) is 0 Å². The van der Waals surface area contributed by atoms with Crippen molar-refractivity contribution in [2.45, 2.75) is 77.8 Å². The summed E-state index contributed by atoms with van der Waals surface area (Å²) < 4.78 is 5.36. The summed E-state index contributed by atoms with van der Waals surface area (Å²) in [6.45, 7) is 11.7. The Bertz CT molecular complexity index is 1460. The summed E-state index contributed by atoms with van der Waals surface area (Å²) in [7, 11) is 0. The van der Waals surface area contributed by atoms with E-state index in [9.17, 15) is 15.0 Å². The predicted octanol–water partition coefficient (Wildman–Crippen LogP) is 4.70. The molecule has 5 rings (SSSR count). The number of H-pyrrole nitrogens is 1. The van der Waals surface area contributed by atoms with Crippen molar-refractivity contribution in [2.24, 2.45) is 5.73 Å². The molecule has 2 aromatic heterocycles. The summed E-state index contributed by atoms with van der Waals surface area (Å²) in [6.07, 6.45) is -0.579. The molecule has 8 heteroatoms. The zero-order valence-electron chi connectivity index (χ0n) is 21.6. The van der Waals surface area contributed by atoms with Gasteiger partial charge in [0.2, 0.25) is 0 Å². The zero-order chi connectivity index (χ0) is 26.2. The van der Waals surface area contributed by atoms with Gasteiger partial charge in [0.15, 0.2) is 0 Å². The van der Waals surface area contributed by atoms with Gasteiger partial charge in [0.05, 0.1) is 17.3 Å². The molecule has 0 bridgehead atoms. The Morgan fingerprint density at radius 1 is 1.14 bits per heavy atom. The van der Waals surface area contributed by atoms with E-state index in [0.29, 0.717) is 29.7 Å². The maximum absolute atomic E-state index is 13.8. The highest BCUT2D eigenvalue weighted by atomic mass is 16.5. The SMILES string of the molecule is Cc1noc(C)c1-c1cc([C@H](N)O)c2[nH]c3cc(C(=O)N4C(C)(C)CC(O)CC4(C)C)ccc3c2c1. The average Bonchev–Trinajstić information content (AvgIpc) is 3.29.